The van der Waals surface area contributed by atoms with Crippen molar-refractivity contribution in [2.75, 3.05) is 20.2 Å². The van der Waals surface area contributed by atoms with Crippen molar-refractivity contribution in [3.8, 4) is 0 Å². The quantitative estimate of drug-likeness (QED) is 0.685. The van der Waals surface area contributed by atoms with Crippen molar-refractivity contribution in [2.24, 2.45) is 5.92 Å². The molecule has 1 saturated heterocycles. The van der Waals surface area contributed by atoms with Crippen molar-refractivity contribution in [3.63, 3.8) is 0 Å². The number of rotatable bonds is 6. The van der Waals surface area contributed by atoms with Gasteiger partial charge in [0.05, 0.1) is 12.7 Å². The van der Waals surface area contributed by atoms with Gasteiger partial charge in [-0.3, -0.25) is 14.3 Å². The summed E-state index contributed by atoms with van der Waals surface area (Å²) in [6.45, 7) is 5.34. The average molecular weight is 398 g/mol. The van der Waals surface area contributed by atoms with Gasteiger partial charge in [0.1, 0.15) is 0 Å². The number of carbonyl (C=O) groups excluding carboxylic acids is 2. The maximum atomic E-state index is 12.6. The molecule has 0 saturated carbocycles. The van der Waals surface area contributed by atoms with Gasteiger partial charge in [0.15, 0.2) is 0 Å². The van der Waals surface area contributed by atoms with Crippen LogP contribution in [0.4, 0.5) is 0 Å². The number of amides is 1. The van der Waals surface area contributed by atoms with Crippen molar-refractivity contribution >= 4 is 11.9 Å². The van der Waals surface area contributed by atoms with Gasteiger partial charge in [0, 0.05) is 49.8 Å². The van der Waals surface area contributed by atoms with Crippen LogP contribution in [0.25, 0.3) is 0 Å². The molecule has 0 radical (unpaired) electrons. The number of hydrogen-bond donors (Lipinski definition) is 0. The van der Waals surface area contributed by atoms with Crippen molar-refractivity contribution in [2.45, 2.75) is 39.7 Å². The molecule has 2 aromatic heterocycles. The fraction of sp³-hybridized carbons (Fsp3) is 0.476. The van der Waals surface area contributed by atoms with Crippen molar-refractivity contribution in [3.05, 3.63) is 57.5 Å². The highest BCUT2D eigenvalue weighted by Gasteiger charge is 2.26. The van der Waals surface area contributed by atoms with Gasteiger partial charge in [0.25, 0.3) is 0 Å². The van der Waals surface area contributed by atoms with Crippen LogP contribution in [-0.4, -0.2) is 51.5 Å². The first-order chi connectivity index (χ1) is 13.9. The number of ether oxygens (including phenoxy) is 1. The van der Waals surface area contributed by atoms with E-state index in [0.29, 0.717) is 36.8 Å². The maximum absolute atomic E-state index is 12.6. The van der Waals surface area contributed by atoms with Crippen molar-refractivity contribution in [1.82, 2.24) is 19.4 Å². The molecule has 3 heterocycles. The number of esters is 1. The Hall–Kier alpha value is -3.03. The zero-order valence-electron chi connectivity index (χ0n) is 17.1. The third-order valence-corrected chi connectivity index (χ3v) is 5.27. The van der Waals surface area contributed by atoms with Gasteiger partial charge in [0.2, 0.25) is 5.91 Å². The van der Waals surface area contributed by atoms with Gasteiger partial charge >= 0.3 is 11.7 Å². The van der Waals surface area contributed by atoms with Crippen LogP contribution >= 0.6 is 0 Å². The van der Waals surface area contributed by atoms with E-state index in [1.54, 1.807) is 23.8 Å². The molecule has 1 atom stereocenters. The van der Waals surface area contributed by atoms with Gasteiger partial charge < -0.3 is 9.64 Å². The van der Waals surface area contributed by atoms with E-state index in [0.717, 1.165) is 24.1 Å². The Labute approximate surface area is 169 Å². The molecular weight excluding hydrogens is 372 g/mol. The molecule has 8 nitrogen and oxygen atoms in total. The molecule has 3 rings (SSSR count). The molecule has 1 unspecified atom stereocenters. The molecule has 0 N–H and O–H groups in total. The van der Waals surface area contributed by atoms with E-state index in [1.807, 2.05) is 17.9 Å². The number of aryl methyl sites for hydroxylation is 2. The highest BCUT2D eigenvalue weighted by Crippen LogP contribution is 2.22. The Balaban J connectivity index is 1.55. The maximum Gasteiger partial charge on any atom is 0.347 e. The molecular formula is C21H26N4O4. The second kappa shape index (κ2) is 8.98. The Bertz CT molecular complexity index is 969. The van der Waals surface area contributed by atoms with E-state index in [-0.39, 0.29) is 18.0 Å². The van der Waals surface area contributed by atoms with Crippen molar-refractivity contribution in [1.29, 1.82) is 0 Å². The first kappa shape index (κ1) is 20.7. The Morgan fingerprint density at radius 2 is 2.03 bits per heavy atom. The molecule has 0 bridgehead atoms. The number of pyridine rings is 1. The summed E-state index contributed by atoms with van der Waals surface area (Å²) in [4.78, 5) is 46.2. The van der Waals surface area contributed by atoms with E-state index >= 15 is 0 Å². The minimum Gasteiger partial charge on any atom is -0.465 e. The van der Waals surface area contributed by atoms with Crippen LogP contribution in [0.1, 0.15) is 40.2 Å². The lowest BCUT2D eigenvalue weighted by Gasteiger charge is -2.17. The summed E-state index contributed by atoms with van der Waals surface area (Å²) in [7, 11) is 1.34. The molecule has 154 valence electrons. The number of likely N-dealkylation sites (tertiary alicyclic amines) is 1. The fourth-order valence-electron chi connectivity index (χ4n) is 3.80. The number of methoxy groups -OCH3 is 1. The monoisotopic (exact) mass is 398 g/mol. The van der Waals surface area contributed by atoms with E-state index < -0.39 is 5.97 Å². The standard InChI is InChI=1S/C21H26N4O4/c1-14-8-15(2)25(21(28)23-14)7-5-19(26)24-6-4-16(13-24)9-17-10-18(12-22-11-17)20(27)29-3/h8,10-12,16H,4-7,9,13H2,1-3H3. The number of hydrogen-bond acceptors (Lipinski definition) is 6. The van der Waals surface area contributed by atoms with Crippen LogP contribution in [0, 0.1) is 19.8 Å². The van der Waals surface area contributed by atoms with Crippen LogP contribution < -0.4 is 5.69 Å². The summed E-state index contributed by atoms with van der Waals surface area (Å²) in [5.74, 6) is -0.0429. The summed E-state index contributed by atoms with van der Waals surface area (Å²) < 4.78 is 6.28. The Morgan fingerprint density at radius 3 is 2.76 bits per heavy atom. The first-order valence-electron chi connectivity index (χ1n) is 9.72. The Morgan fingerprint density at radius 1 is 1.24 bits per heavy atom. The molecule has 1 amide bonds. The predicted molar refractivity (Wildman–Crippen MR) is 107 cm³/mol. The fourth-order valence-corrected chi connectivity index (χ4v) is 3.80. The molecule has 1 fully saturated rings. The van der Waals surface area contributed by atoms with Crippen LogP contribution in [-0.2, 0) is 22.5 Å². The summed E-state index contributed by atoms with van der Waals surface area (Å²) in [5.41, 5.74) is 2.58. The summed E-state index contributed by atoms with van der Waals surface area (Å²) in [6.07, 6.45) is 5.17. The predicted octanol–water partition coefficient (Wildman–Crippen LogP) is 1.52. The summed E-state index contributed by atoms with van der Waals surface area (Å²) in [5, 5.41) is 0. The highest BCUT2D eigenvalue weighted by molar-refractivity contribution is 5.89. The molecule has 8 heteroatoms. The zero-order chi connectivity index (χ0) is 21.0. The minimum atomic E-state index is -0.404. The number of nitrogens with zero attached hydrogens (tertiary/aromatic N) is 4. The molecule has 29 heavy (non-hydrogen) atoms. The smallest absolute Gasteiger partial charge is 0.347 e. The molecule has 1 aliphatic heterocycles. The topological polar surface area (TPSA) is 94.4 Å². The van der Waals surface area contributed by atoms with E-state index in [2.05, 4.69) is 9.97 Å². The average Bonchev–Trinajstić information content (AvgIpc) is 3.15. The Kier molecular flexibility index (Phi) is 6.41. The SMILES string of the molecule is COC(=O)c1cncc(CC2CCN(C(=O)CCn3c(C)cc(C)nc3=O)C2)c1. The van der Waals surface area contributed by atoms with Gasteiger partial charge in [-0.05, 0) is 50.3 Å². The van der Waals surface area contributed by atoms with Gasteiger partial charge in [-0.2, -0.15) is 4.98 Å². The normalized spacial score (nSPS) is 16.1. The van der Waals surface area contributed by atoms with Crippen LogP contribution in [0.5, 0.6) is 0 Å². The lowest BCUT2D eigenvalue weighted by Crippen LogP contribution is -2.32. The van der Waals surface area contributed by atoms with E-state index in [1.165, 1.54) is 13.3 Å². The van der Waals surface area contributed by atoms with Crippen molar-refractivity contribution < 1.29 is 14.3 Å². The molecule has 1 aliphatic rings. The van der Waals surface area contributed by atoms with Gasteiger partial charge in [-0.25, -0.2) is 9.59 Å². The number of aromatic nitrogens is 3. The van der Waals surface area contributed by atoms with E-state index in [9.17, 15) is 14.4 Å². The molecule has 0 spiro atoms. The number of carbonyl (C=O) groups is 2. The van der Waals surface area contributed by atoms with Crippen LogP contribution in [0.3, 0.4) is 0 Å². The minimum absolute atomic E-state index is 0.0424. The lowest BCUT2D eigenvalue weighted by atomic mass is 9.99. The largest absolute Gasteiger partial charge is 0.465 e. The first-order valence-corrected chi connectivity index (χ1v) is 9.72. The molecule has 2 aromatic rings. The summed E-state index contributed by atoms with van der Waals surface area (Å²) in [6, 6.07) is 3.64. The van der Waals surface area contributed by atoms with Crippen LogP contribution in [0.15, 0.2) is 29.3 Å². The third-order valence-electron chi connectivity index (χ3n) is 5.27. The molecule has 0 aliphatic carbocycles. The zero-order valence-corrected chi connectivity index (χ0v) is 17.1. The second-order valence-electron chi connectivity index (χ2n) is 7.50. The second-order valence-corrected chi connectivity index (χ2v) is 7.50. The van der Waals surface area contributed by atoms with Gasteiger partial charge in [-0.1, -0.05) is 0 Å². The lowest BCUT2D eigenvalue weighted by molar-refractivity contribution is -0.130. The van der Waals surface area contributed by atoms with Gasteiger partial charge in [-0.15, -0.1) is 0 Å². The summed E-state index contributed by atoms with van der Waals surface area (Å²) >= 11 is 0. The van der Waals surface area contributed by atoms with Crippen LogP contribution in [0.2, 0.25) is 0 Å². The molecule has 0 aromatic carbocycles. The third kappa shape index (κ3) is 5.07. The van der Waals surface area contributed by atoms with E-state index in [4.69, 9.17) is 4.74 Å². The highest BCUT2D eigenvalue weighted by atomic mass is 16.5.